The molecule has 0 aliphatic heterocycles. The monoisotopic (exact) mass is 404 g/mol. The van der Waals surface area contributed by atoms with Gasteiger partial charge in [0.05, 0.1) is 15.5 Å². The molecule has 0 spiro atoms. The van der Waals surface area contributed by atoms with Crippen LogP contribution in [0.3, 0.4) is 0 Å². The molecule has 148 valence electrons. The molecule has 0 aliphatic carbocycles. The van der Waals surface area contributed by atoms with Crippen LogP contribution in [0.5, 0.6) is 0 Å². The summed E-state index contributed by atoms with van der Waals surface area (Å²) >= 11 is 5.93. The van der Waals surface area contributed by atoms with Gasteiger partial charge in [0.25, 0.3) is 11.6 Å². The number of nitrogens with zero attached hydrogens (tertiary/aromatic N) is 1. The van der Waals surface area contributed by atoms with Crippen LogP contribution in [-0.2, 0) is 22.4 Å². The van der Waals surface area contributed by atoms with Crippen molar-refractivity contribution >= 4 is 34.9 Å². The molecule has 7 nitrogen and oxygen atoms in total. The van der Waals surface area contributed by atoms with E-state index in [1.807, 2.05) is 32.0 Å². The number of hydrogen-bond acceptors (Lipinski definition) is 5. The fraction of sp³-hybridized carbons (Fsp3) is 0.300. The summed E-state index contributed by atoms with van der Waals surface area (Å²) in [5.74, 6) is -1.30. The van der Waals surface area contributed by atoms with E-state index >= 15 is 0 Å². The molecule has 0 aromatic heterocycles. The molecule has 1 atom stereocenters. The number of ether oxygens (including phenoxy) is 1. The number of para-hydroxylation sites is 1. The van der Waals surface area contributed by atoms with Crippen LogP contribution in [0.15, 0.2) is 36.4 Å². The number of nitro benzene ring substituents is 1. The Morgan fingerprint density at radius 1 is 1.18 bits per heavy atom. The van der Waals surface area contributed by atoms with E-state index in [1.54, 1.807) is 0 Å². The van der Waals surface area contributed by atoms with E-state index in [0.717, 1.165) is 41.8 Å². The first-order valence-corrected chi connectivity index (χ1v) is 9.22. The highest BCUT2D eigenvalue weighted by molar-refractivity contribution is 6.33. The highest BCUT2D eigenvalue weighted by Gasteiger charge is 2.23. The van der Waals surface area contributed by atoms with Gasteiger partial charge in [-0.15, -0.1) is 0 Å². The topological polar surface area (TPSA) is 98.5 Å². The number of aryl methyl sites for hydroxylation is 2. The maximum absolute atomic E-state index is 12.5. The average Bonchev–Trinajstić information content (AvgIpc) is 2.67. The van der Waals surface area contributed by atoms with Crippen LogP contribution < -0.4 is 5.32 Å². The highest BCUT2D eigenvalue weighted by Crippen LogP contribution is 2.25. The Kier molecular flexibility index (Phi) is 7.12. The lowest BCUT2D eigenvalue weighted by Gasteiger charge is -2.18. The van der Waals surface area contributed by atoms with E-state index in [-0.39, 0.29) is 16.3 Å². The van der Waals surface area contributed by atoms with Gasteiger partial charge in [0.2, 0.25) is 0 Å². The zero-order chi connectivity index (χ0) is 20.8. The number of halogens is 1. The van der Waals surface area contributed by atoms with Crippen molar-refractivity contribution in [2.24, 2.45) is 0 Å². The van der Waals surface area contributed by atoms with Gasteiger partial charge in [0, 0.05) is 17.8 Å². The maximum atomic E-state index is 12.5. The zero-order valence-corrected chi connectivity index (χ0v) is 16.6. The minimum Gasteiger partial charge on any atom is -0.449 e. The SMILES string of the molecule is CCc1cccc(CC)c1NC(=O)[C@@H](C)OC(=O)c1ccc([N+](=O)[O-])cc1Cl. The normalized spacial score (nSPS) is 11.6. The van der Waals surface area contributed by atoms with Crippen molar-refractivity contribution in [2.45, 2.75) is 39.7 Å². The number of hydrogen-bond donors (Lipinski definition) is 1. The molecule has 2 aromatic rings. The van der Waals surface area contributed by atoms with Crippen LogP contribution in [0.1, 0.15) is 42.3 Å². The van der Waals surface area contributed by atoms with Gasteiger partial charge in [-0.2, -0.15) is 0 Å². The summed E-state index contributed by atoms with van der Waals surface area (Å²) in [6, 6.07) is 9.22. The molecular formula is C20H21ClN2O5. The molecule has 0 fully saturated rings. The molecule has 0 bridgehead atoms. The number of carbonyl (C=O) groups excluding carboxylic acids is 2. The van der Waals surface area contributed by atoms with Gasteiger partial charge >= 0.3 is 5.97 Å². The van der Waals surface area contributed by atoms with Crippen molar-refractivity contribution in [3.63, 3.8) is 0 Å². The fourth-order valence-electron chi connectivity index (χ4n) is 2.69. The summed E-state index contributed by atoms with van der Waals surface area (Å²) in [7, 11) is 0. The third kappa shape index (κ3) is 4.86. The minimum absolute atomic E-state index is 0.0462. The standard InChI is InChI=1S/C20H21ClN2O5/c1-4-13-7-6-8-14(5-2)18(13)22-19(24)12(3)28-20(25)16-10-9-15(23(26)27)11-17(16)21/h6-12H,4-5H2,1-3H3,(H,22,24)/t12-/m1/s1. The first-order chi connectivity index (χ1) is 13.3. The van der Waals surface area contributed by atoms with Crippen LogP contribution in [0, 0.1) is 10.1 Å². The second-order valence-corrected chi connectivity index (χ2v) is 6.52. The number of non-ortho nitro benzene ring substituents is 1. The van der Waals surface area contributed by atoms with E-state index in [0.29, 0.717) is 0 Å². The zero-order valence-electron chi connectivity index (χ0n) is 15.8. The molecule has 1 N–H and O–H groups in total. The summed E-state index contributed by atoms with van der Waals surface area (Å²) < 4.78 is 5.19. The third-order valence-electron chi connectivity index (χ3n) is 4.28. The highest BCUT2D eigenvalue weighted by atomic mass is 35.5. The number of nitrogens with one attached hydrogen (secondary N) is 1. The van der Waals surface area contributed by atoms with E-state index in [2.05, 4.69) is 5.32 Å². The second kappa shape index (κ2) is 9.32. The second-order valence-electron chi connectivity index (χ2n) is 6.12. The largest absolute Gasteiger partial charge is 0.449 e. The molecule has 2 rings (SSSR count). The van der Waals surface area contributed by atoms with Crippen molar-refractivity contribution in [3.05, 3.63) is 68.2 Å². The fourth-order valence-corrected chi connectivity index (χ4v) is 2.94. The lowest BCUT2D eigenvalue weighted by molar-refractivity contribution is -0.384. The van der Waals surface area contributed by atoms with E-state index in [9.17, 15) is 19.7 Å². The molecule has 0 radical (unpaired) electrons. The van der Waals surface area contributed by atoms with Gasteiger partial charge < -0.3 is 10.1 Å². The Hall–Kier alpha value is -2.93. The average molecular weight is 405 g/mol. The van der Waals surface area contributed by atoms with Gasteiger partial charge in [0.1, 0.15) is 0 Å². The molecule has 1 amide bonds. The summed E-state index contributed by atoms with van der Waals surface area (Å²) in [5, 5.41) is 13.5. The first kappa shape index (κ1) is 21.4. The molecule has 28 heavy (non-hydrogen) atoms. The predicted molar refractivity (Wildman–Crippen MR) is 107 cm³/mol. The van der Waals surface area contributed by atoms with Gasteiger partial charge in [0.15, 0.2) is 6.10 Å². The Morgan fingerprint density at radius 3 is 2.29 bits per heavy atom. The number of carbonyl (C=O) groups is 2. The molecule has 0 saturated carbocycles. The minimum atomic E-state index is -1.08. The Balaban J connectivity index is 2.13. The molecule has 8 heteroatoms. The number of esters is 1. The van der Waals surface area contributed by atoms with Crippen molar-refractivity contribution in [2.75, 3.05) is 5.32 Å². The van der Waals surface area contributed by atoms with Crippen molar-refractivity contribution < 1.29 is 19.2 Å². The van der Waals surface area contributed by atoms with Crippen molar-refractivity contribution in [1.29, 1.82) is 0 Å². The smallest absolute Gasteiger partial charge is 0.340 e. The Morgan fingerprint density at radius 2 is 1.79 bits per heavy atom. The Labute approximate surface area is 167 Å². The van der Waals surface area contributed by atoms with Crippen molar-refractivity contribution in [1.82, 2.24) is 0 Å². The lowest BCUT2D eigenvalue weighted by Crippen LogP contribution is -2.30. The van der Waals surface area contributed by atoms with Crippen LogP contribution in [0.2, 0.25) is 5.02 Å². The summed E-state index contributed by atoms with van der Waals surface area (Å²) in [6.07, 6.45) is 0.417. The summed E-state index contributed by atoms with van der Waals surface area (Å²) in [4.78, 5) is 35.0. The molecule has 0 saturated heterocycles. The van der Waals surface area contributed by atoms with E-state index in [1.165, 1.54) is 13.0 Å². The number of nitro groups is 1. The van der Waals surface area contributed by atoms with Gasteiger partial charge in [-0.25, -0.2) is 4.79 Å². The van der Waals surface area contributed by atoms with E-state index < -0.39 is 22.9 Å². The van der Waals surface area contributed by atoms with Crippen LogP contribution in [0.25, 0.3) is 0 Å². The van der Waals surface area contributed by atoms with E-state index in [4.69, 9.17) is 16.3 Å². The van der Waals surface area contributed by atoms with Crippen LogP contribution in [-0.4, -0.2) is 22.9 Å². The van der Waals surface area contributed by atoms with Crippen molar-refractivity contribution in [3.8, 4) is 0 Å². The number of anilines is 1. The Bertz CT molecular complexity index is 891. The molecule has 0 aliphatic rings. The van der Waals surface area contributed by atoms with Crippen LogP contribution >= 0.6 is 11.6 Å². The molecule has 0 heterocycles. The first-order valence-electron chi connectivity index (χ1n) is 8.85. The third-order valence-corrected chi connectivity index (χ3v) is 4.60. The molecular weight excluding hydrogens is 384 g/mol. The van der Waals surface area contributed by atoms with Gasteiger partial charge in [-0.1, -0.05) is 43.6 Å². The van der Waals surface area contributed by atoms with Gasteiger partial charge in [-0.3, -0.25) is 14.9 Å². The maximum Gasteiger partial charge on any atom is 0.340 e. The predicted octanol–water partition coefficient (Wildman–Crippen LogP) is 4.56. The van der Waals surface area contributed by atoms with Gasteiger partial charge in [-0.05, 0) is 37.0 Å². The molecule has 0 unspecified atom stereocenters. The number of rotatable bonds is 7. The summed E-state index contributed by atoms with van der Waals surface area (Å²) in [5.41, 5.74) is 2.42. The quantitative estimate of drug-likeness (QED) is 0.414. The van der Waals surface area contributed by atoms with Crippen LogP contribution in [0.4, 0.5) is 11.4 Å². The summed E-state index contributed by atoms with van der Waals surface area (Å²) in [6.45, 7) is 5.43. The number of benzene rings is 2. The number of amides is 1. The molecule has 2 aromatic carbocycles. The lowest BCUT2D eigenvalue weighted by atomic mass is 10.0.